The molecule has 25 heavy (non-hydrogen) atoms. The van der Waals surface area contributed by atoms with E-state index in [9.17, 15) is 0 Å². The number of nitrogen functional groups attached to an aromatic ring is 1. The summed E-state index contributed by atoms with van der Waals surface area (Å²) in [6, 6.07) is 10.4. The summed E-state index contributed by atoms with van der Waals surface area (Å²) in [5.41, 5.74) is 8.88. The molecule has 3 aromatic rings. The number of ether oxygens (including phenoxy) is 1. The molecule has 4 rings (SSSR count). The molecule has 1 aromatic carbocycles. The van der Waals surface area contributed by atoms with Crippen molar-refractivity contribution in [1.82, 2.24) is 9.97 Å². The molecule has 6 heteroatoms. The van der Waals surface area contributed by atoms with Crippen molar-refractivity contribution in [2.24, 2.45) is 0 Å². The van der Waals surface area contributed by atoms with E-state index < -0.39 is 0 Å². The molecule has 0 unspecified atom stereocenters. The molecule has 130 valence electrons. The number of fused-ring (bicyclic) bond motifs is 3. The van der Waals surface area contributed by atoms with Gasteiger partial charge in [-0.3, -0.25) is 0 Å². The minimum Gasteiger partial charge on any atom is -0.383 e. The summed E-state index contributed by atoms with van der Waals surface area (Å²) >= 11 is 3.33. The molecule has 1 aliphatic rings. The van der Waals surface area contributed by atoms with Crippen molar-refractivity contribution in [3.63, 3.8) is 0 Å². The average molecular weight is 372 g/mol. The Labute approximate surface area is 155 Å². The summed E-state index contributed by atoms with van der Waals surface area (Å²) in [6.07, 6.45) is 3.44. The number of hydrogen-bond donors (Lipinski definition) is 1. The number of thioether (sulfide) groups is 1. The summed E-state index contributed by atoms with van der Waals surface area (Å²) in [7, 11) is 0. The van der Waals surface area contributed by atoms with Gasteiger partial charge in [-0.15, -0.1) is 11.3 Å². The Morgan fingerprint density at radius 2 is 2.12 bits per heavy atom. The van der Waals surface area contributed by atoms with Gasteiger partial charge in [-0.05, 0) is 17.5 Å². The zero-order valence-corrected chi connectivity index (χ0v) is 15.8. The molecule has 1 aliphatic heterocycles. The number of hydrogen-bond acceptors (Lipinski definition) is 6. The monoisotopic (exact) mass is 371 g/mol. The van der Waals surface area contributed by atoms with Gasteiger partial charge >= 0.3 is 0 Å². The van der Waals surface area contributed by atoms with E-state index in [4.69, 9.17) is 15.5 Å². The van der Waals surface area contributed by atoms with Crippen molar-refractivity contribution < 1.29 is 4.74 Å². The summed E-state index contributed by atoms with van der Waals surface area (Å²) in [5, 5.41) is 1.80. The first-order chi connectivity index (χ1) is 12.2. The second kappa shape index (κ2) is 7.32. The Morgan fingerprint density at radius 1 is 1.28 bits per heavy atom. The topological polar surface area (TPSA) is 61.0 Å². The highest BCUT2D eigenvalue weighted by atomic mass is 32.2. The molecule has 3 heterocycles. The lowest BCUT2D eigenvalue weighted by Crippen LogP contribution is -2.21. The number of thiophene rings is 1. The van der Waals surface area contributed by atoms with Gasteiger partial charge in [0.1, 0.15) is 10.6 Å². The van der Waals surface area contributed by atoms with Crippen molar-refractivity contribution in [2.45, 2.75) is 49.8 Å². The second-order valence-corrected chi connectivity index (χ2v) is 8.30. The molecular weight excluding hydrogens is 350 g/mol. The Kier molecular flexibility index (Phi) is 4.92. The van der Waals surface area contributed by atoms with Crippen LogP contribution in [0.4, 0.5) is 5.82 Å². The fourth-order valence-corrected chi connectivity index (χ4v) is 5.21. The van der Waals surface area contributed by atoms with E-state index in [1.165, 1.54) is 16.0 Å². The Balaban J connectivity index is 1.60. The van der Waals surface area contributed by atoms with E-state index in [2.05, 4.69) is 24.0 Å². The number of nitrogens with two attached hydrogens (primary N) is 1. The number of rotatable bonds is 5. The van der Waals surface area contributed by atoms with Crippen LogP contribution in [0.25, 0.3) is 10.2 Å². The van der Waals surface area contributed by atoms with Gasteiger partial charge in [0.05, 0.1) is 18.1 Å². The van der Waals surface area contributed by atoms with Crippen LogP contribution in [-0.2, 0) is 23.5 Å². The third-order valence-electron chi connectivity index (χ3n) is 4.44. The molecule has 4 nitrogen and oxygen atoms in total. The Bertz CT molecular complexity index is 879. The molecule has 2 aromatic heterocycles. The zero-order valence-electron chi connectivity index (χ0n) is 14.2. The van der Waals surface area contributed by atoms with Gasteiger partial charge in [0, 0.05) is 17.1 Å². The van der Waals surface area contributed by atoms with E-state index in [1.807, 2.05) is 18.2 Å². The summed E-state index contributed by atoms with van der Waals surface area (Å²) in [5.74, 6) is 1.45. The molecule has 0 saturated carbocycles. The minimum absolute atomic E-state index is 0.293. The lowest BCUT2D eigenvalue weighted by atomic mass is 10.0. The van der Waals surface area contributed by atoms with Gasteiger partial charge in [0.2, 0.25) is 0 Å². The van der Waals surface area contributed by atoms with Crippen LogP contribution in [0.1, 0.15) is 35.8 Å². The Morgan fingerprint density at radius 3 is 2.92 bits per heavy atom. The summed E-state index contributed by atoms with van der Waals surface area (Å²) < 4.78 is 5.97. The third kappa shape index (κ3) is 3.52. The van der Waals surface area contributed by atoms with Gasteiger partial charge in [0.15, 0.2) is 5.16 Å². The SMILES string of the molecule is CCC[C@H]1Cc2c(sc3nc(SCc4ccccc4)nc(N)c23)CO1. The van der Waals surface area contributed by atoms with E-state index in [0.717, 1.165) is 40.4 Å². The highest BCUT2D eigenvalue weighted by molar-refractivity contribution is 7.98. The normalized spacial score (nSPS) is 16.9. The average Bonchev–Trinajstić information content (AvgIpc) is 2.99. The summed E-state index contributed by atoms with van der Waals surface area (Å²) in [6.45, 7) is 2.87. The number of aromatic nitrogens is 2. The molecule has 0 aliphatic carbocycles. The molecule has 0 fully saturated rings. The van der Waals surface area contributed by atoms with Crippen LogP contribution in [0, 0.1) is 0 Å². The van der Waals surface area contributed by atoms with Crippen LogP contribution >= 0.6 is 23.1 Å². The standard InChI is InChI=1S/C19H21N3OS2/c1-2-6-13-9-14-15(10-23-13)25-18-16(14)17(20)21-19(22-18)24-11-12-7-4-3-5-8-12/h3-5,7-8,13H,2,6,9-11H2,1H3,(H2,20,21,22)/t13-/m0/s1. The smallest absolute Gasteiger partial charge is 0.191 e. The quantitative estimate of drug-likeness (QED) is 0.515. The van der Waals surface area contributed by atoms with Crippen LogP contribution in [0.5, 0.6) is 0 Å². The van der Waals surface area contributed by atoms with Crippen molar-refractivity contribution in [3.8, 4) is 0 Å². The van der Waals surface area contributed by atoms with E-state index in [0.29, 0.717) is 18.5 Å². The first kappa shape index (κ1) is 16.8. The van der Waals surface area contributed by atoms with E-state index in [-0.39, 0.29) is 0 Å². The van der Waals surface area contributed by atoms with Gasteiger partial charge in [0.25, 0.3) is 0 Å². The van der Waals surface area contributed by atoms with Crippen LogP contribution in [-0.4, -0.2) is 16.1 Å². The number of anilines is 1. The lowest BCUT2D eigenvalue weighted by Gasteiger charge is -2.22. The molecule has 1 atom stereocenters. The van der Waals surface area contributed by atoms with Crippen molar-refractivity contribution >= 4 is 39.1 Å². The van der Waals surface area contributed by atoms with Crippen molar-refractivity contribution in [1.29, 1.82) is 0 Å². The maximum atomic E-state index is 6.32. The fraction of sp³-hybridized carbons (Fsp3) is 0.368. The van der Waals surface area contributed by atoms with Crippen LogP contribution < -0.4 is 5.73 Å². The second-order valence-electron chi connectivity index (χ2n) is 6.28. The molecule has 0 spiro atoms. The molecule has 2 N–H and O–H groups in total. The van der Waals surface area contributed by atoms with E-state index >= 15 is 0 Å². The van der Waals surface area contributed by atoms with Crippen molar-refractivity contribution in [3.05, 3.63) is 46.3 Å². The first-order valence-corrected chi connectivity index (χ1v) is 10.4. The van der Waals surface area contributed by atoms with Gasteiger partial charge in [-0.2, -0.15) is 0 Å². The lowest BCUT2D eigenvalue weighted by molar-refractivity contribution is 0.0254. The van der Waals surface area contributed by atoms with Gasteiger partial charge in [-0.1, -0.05) is 55.4 Å². The maximum absolute atomic E-state index is 6.32. The summed E-state index contributed by atoms with van der Waals surface area (Å²) in [4.78, 5) is 11.6. The minimum atomic E-state index is 0.293. The predicted octanol–water partition coefficient (Wildman–Crippen LogP) is 4.81. The molecule has 0 amide bonds. The number of benzene rings is 1. The molecule has 0 bridgehead atoms. The van der Waals surface area contributed by atoms with Gasteiger partial charge in [-0.25, -0.2) is 9.97 Å². The molecular formula is C19H21N3OS2. The molecule has 0 radical (unpaired) electrons. The molecule has 0 saturated heterocycles. The highest BCUT2D eigenvalue weighted by Gasteiger charge is 2.25. The predicted molar refractivity (Wildman–Crippen MR) is 105 cm³/mol. The van der Waals surface area contributed by atoms with Gasteiger partial charge < -0.3 is 10.5 Å². The van der Waals surface area contributed by atoms with Crippen LogP contribution in [0.3, 0.4) is 0 Å². The van der Waals surface area contributed by atoms with Crippen molar-refractivity contribution in [2.75, 3.05) is 5.73 Å². The first-order valence-electron chi connectivity index (χ1n) is 8.60. The highest BCUT2D eigenvalue weighted by Crippen LogP contribution is 2.39. The zero-order chi connectivity index (χ0) is 17.2. The Hall–Kier alpha value is -1.63. The number of nitrogens with zero attached hydrogens (tertiary/aromatic N) is 2. The maximum Gasteiger partial charge on any atom is 0.191 e. The van der Waals surface area contributed by atoms with Crippen LogP contribution in [0.15, 0.2) is 35.5 Å². The van der Waals surface area contributed by atoms with E-state index in [1.54, 1.807) is 23.1 Å². The van der Waals surface area contributed by atoms with Crippen LogP contribution in [0.2, 0.25) is 0 Å². The largest absolute Gasteiger partial charge is 0.383 e. The third-order valence-corrected chi connectivity index (χ3v) is 6.46. The fourth-order valence-electron chi connectivity index (χ4n) is 3.22.